The van der Waals surface area contributed by atoms with Crippen LogP contribution in [0.3, 0.4) is 0 Å². The molecule has 2 amide bonds. The number of carbonyl (C=O) groups excluding carboxylic acids is 2. The normalized spacial score (nSPS) is 35.6. The Labute approximate surface area is 157 Å². The topological polar surface area (TPSA) is 68.2 Å². The summed E-state index contributed by atoms with van der Waals surface area (Å²) >= 11 is 0. The Morgan fingerprint density at radius 2 is 1.78 bits per heavy atom. The minimum Gasteiger partial charge on any atom is -0.493 e. The number of amides is 2. The zero-order valence-corrected chi connectivity index (χ0v) is 15.4. The summed E-state index contributed by atoms with van der Waals surface area (Å²) in [5, 5.41) is 5.35. The third-order valence-corrected chi connectivity index (χ3v) is 6.45. The molecule has 6 heteroatoms. The Morgan fingerprint density at radius 3 is 2.37 bits per heavy atom. The van der Waals surface area contributed by atoms with Crippen molar-refractivity contribution in [2.24, 2.45) is 40.6 Å². The fourth-order valence-electron chi connectivity index (χ4n) is 5.22. The largest absolute Gasteiger partial charge is 0.493 e. The molecule has 2 bridgehead atoms. The molecule has 1 aromatic carbocycles. The van der Waals surface area contributed by atoms with Gasteiger partial charge in [0.2, 0.25) is 0 Å². The Morgan fingerprint density at radius 1 is 1.11 bits per heavy atom. The third kappa shape index (κ3) is 2.35. The van der Waals surface area contributed by atoms with Crippen LogP contribution in [0.4, 0.5) is 0 Å². The second-order valence-electron chi connectivity index (χ2n) is 7.73. The number of benzene rings is 1. The van der Waals surface area contributed by atoms with Crippen LogP contribution in [0, 0.1) is 35.5 Å². The predicted octanol–water partition coefficient (Wildman–Crippen LogP) is 2.48. The number of carbonyl (C=O) groups is 2. The fourth-order valence-corrected chi connectivity index (χ4v) is 5.22. The number of nitrogens with zero attached hydrogens (tertiary/aromatic N) is 2. The molecular formula is C21H22N2O4. The molecule has 1 saturated heterocycles. The number of rotatable bonds is 5. The SMILES string of the molecule is CCOc1ccc(/C=N\N2C(=O)[C@@H]3[C@H]4C=C[C@@H]([C@@H]5C[C@@H]45)[C@H]3C2=O)cc1OC. The molecule has 0 aromatic heterocycles. The Kier molecular flexibility index (Phi) is 3.64. The molecule has 0 spiro atoms. The van der Waals surface area contributed by atoms with Crippen LogP contribution in [0.5, 0.6) is 11.5 Å². The van der Waals surface area contributed by atoms with Crippen LogP contribution in [-0.2, 0) is 9.59 Å². The molecule has 0 N–H and O–H groups in total. The molecule has 6 atom stereocenters. The zero-order chi connectivity index (χ0) is 18.7. The van der Waals surface area contributed by atoms with E-state index in [0.29, 0.717) is 29.9 Å². The van der Waals surface area contributed by atoms with Crippen molar-refractivity contribution in [1.82, 2.24) is 5.01 Å². The highest BCUT2D eigenvalue weighted by molar-refractivity contribution is 6.06. The van der Waals surface area contributed by atoms with Crippen molar-refractivity contribution in [1.29, 1.82) is 0 Å². The summed E-state index contributed by atoms with van der Waals surface area (Å²) in [6.45, 7) is 2.45. The average Bonchev–Trinajstić information content (AvgIpc) is 3.46. The molecule has 0 unspecified atom stereocenters. The monoisotopic (exact) mass is 366 g/mol. The molecule has 4 aliphatic carbocycles. The van der Waals surface area contributed by atoms with Gasteiger partial charge in [0, 0.05) is 0 Å². The zero-order valence-electron chi connectivity index (χ0n) is 15.4. The minimum atomic E-state index is -0.219. The van der Waals surface area contributed by atoms with Crippen molar-refractivity contribution in [2.75, 3.05) is 13.7 Å². The van der Waals surface area contributed by atoms with E-state index in [2.05, 4.69) is 17.3 Å². The summed E-state index contributed by atoms with van der Waals surface area (Å²) < 4.78 is 10.8. The summed E-state index contributed by atoms with van der Waals surface area (Å²) in [6.07, 6.45) is 7.03. The van der Waals surface area contributed by atoms with Gasteiger partial charge in [-0.05, 0) is 60.8 Å². The van der Waals surface area contributed by atoms with Gasteiger partial charge in [0.25, 0.3) is 11.8 Å². The van der Waals surface area contributed by atoms with Gasteiger partial charge in [-0.25, -0.2) is 0 Å². The van der Waals surface area contributed by atoms with E-state index in [1.165, 1.54) is 0 Å². The number of hydrogen-bond donors (Lipinski definition) is 0. The van der Waals surface area contributed by atoms with Crippen LogP contribution in [-0.4, -0.2) is 36.8 Å². The van der Waals surface area contributed by atoms with E-state index in [4.69, 9.17) is 9.47 Å². The second kappa shape index (κ2) is 5.94. The molecule has 5 aliphatic rings. The number of methoxy groups -OCH3 is 1. The maximum Gasteiger partial charge on any atom is 0.254 e. The van der Waals surface area contributed by atoms with Gasteiger partial charge >= 0.3 is 0 Å². The lowest BCUT2D eigenvalue weighted by molar-refractivity contribution is -0.140. The summed E-state index contributed by atoms with van der Waals surface area (Å²) in [5.41, 5.74) is 0.745. The van der Waals surface area contributed by atoms with E-state index < -0.39 is 0 Å². The van der Waals surface area contributed by atoms with Crippen molar-refractivity contribution >= 4 is 18.0 Å². The third-order valence-electron chi connectivity index (χ3n) is 6.45. The standard InChI is InChI=1S/C21H22N2O4/c1-3-27-16-7-4-11(8-17(16)26-2)10-22-23-20(24)18-12-5-6-13(15-9-14(12)15)19(18)21(23)25/h4-8,10,12-15,18-19H,3,9H2,1-2H3/b22-10-/t12-,13-,14-,15-,18+,19+/m0/s1. The van der Waals surface area contributed by atoms with Gasteiger partial charge in [-0.3, -0.25) is 9.59 Å². The van der Waals surface area contributed by atoms with Gasteiger partial charge in [0.05, 0.1) is 31.8 Å². The molecule has 3 fully saturated rings. The summed E-state index contributed by atoms with van der Waals surface area (Å²) in [7, 11) is 1.57. The van der Waals surface area contributed by atoms with Crippen molar-refractivity contribution in [3.8, 4) is 11.5 Å². The van der Waals surface area contributed by atoms with E-state index in [0.717, 1.165) is 17.0 Å². The van der Waals surface area contributed by atoms with Crippen molar-refractivity contribution in [3.63, 3.8) is 0 Å². The number of ether oxygens (including phenoxy) is 2. The number of hydrazone groups is 1. The van der Waals surface area contributed by atoms with Crippen LogP contribution in [0.15, 0.2) is 35.5 Å². The molecule has 1 aromatic rings. The molecule has 1 aliphatic heterocycles. The van der Waals surface area contributed by atoms with Crippen LogP contribution >= 0.6 is 0 Å². The first-order valence-electron chi connectivity index (χ1n) is 9.55. The fraction of sp³-hybridized carbons (Fsp3) is 0.476. The highest BCUT2D eigenvalue weighted by atomic mass is 16.5. The Balaban J connectivity index is 1.39. The molecule has 2 saturated carbocycles. The highest BCUT2D eigenvalue weighted by Gasteiger charge is 2.67. The van der Waals surface area contributed by atoms with Gasteiger partial charge in [0.1, 0.15) is 0 Å². The quantitative estimate of drug-likeness (QED) is 0.456. The first kappa shape index (κ1) is 16.5. The number of imide groups is 1. The Hall–Kier alpha value is -2.63. The van der Waals surface area contributed by atoms with E-state index in [9.17, 15) is 9.59 Å². The molecule has 6 rings (SSSR count). The summed E-state index contributed by atoms with van der Waals surface area (Å²) in [4.78, 5) is 25.8. The van der Waals surface area contributed by atoms with Gasteiger partial charge in [-0.2, -0.15) is 10.1 Å². The summed E-state index contributed by atoms with van der Waals surface area (Å²) in [6, 6.07) is 5.41. The van der Waals surface area contributed by atoms with Crippen molar-refractivity contribution in [2.45, 2.75) is 13.3 Å². The molecule has 140 valence electrons. The lowest BCUT2D eigenvalue weighted by Crippen LogP contribution is -2.40. The first-order valence-corrected chi connectivity index (χ1v) is 9.55. The lowest BCUT2D eigenvalue weighted by atomic mass is 9.63. The van der Waals surface area contributed by atoms with E-state index in [1.807, 2.05) is 13.0 Å². The lowest BCUT2D eigenvalue weighted by Gasteiger charge is -2.37. The molecule has 6 nitrogen and oxygen atoms in total. The van der Waals surface area contributed by atoms with E-state index in [1.54, 1.807) is 25.5 Å². The Bertz CT molecular complexity index is 841. The van der Waals surface area contributed by atoms with Gasteiger partial charge in [0.15, 0.2) is 11.5 Å². The maximum absolute atomic E-state index is 12.9. The minimum absolute atomic E-state index is 0.149. The second-order valence-corrected chi connectivity index (χ2v) is 7.73. The van der Waals surface area contributed by atoms with Crippen LogP contribution < -0.4 is 9.47 Å². The van der Waals surface area contributed by atoms with Gasteiger partial charge in [-0.1, -0.05) is 12.2 Å². The van der Waals surface area contributed by atoms with Crippen LogP contribution in [0.25, 0.3) is 0 Å². The van der Waals surface area contributed by atoms with Gasteiger partial charge < -0.3 is 9.47 Å². The van der Waals surface area contributed by atoms with E-state index in [-0.39, 0.29) is 35.5 Å². The van der Waals surface area contributed by atoms with Crippen molar-refractivity contribution < 1.29 is 19.1 Å². The highest BCUT2D eigenvalue weighted by Crippen LogP contribution is 2.65. The number of allylic oxidation sites excluding steroid dienone is 2. The smallest absolute Gasteiger partial charge is 0.254 e. The number of hydrogen-bond acceptors (Lipinski definition) is 5. The molecule has 1 heterocycles. The molecule has 0 radical (unpaired) electrons. The molecule has 27 heavy (non-hydrogen) atoms. The summed E-state index contributed by atoms with van der Waals surface area (Å²) in [5.74, 6) is 2.13. The van der Waals surface area contributed by atoms with Crippen LogP contribution in [0.1, 0.15) is 18.9 Å². The average molecular weight is 366 g/mol. The first-order chi connectivity index (χ1) is 13.1. The van der Waals surface area contributed by atoms with Crippen molar-refractivity contribution in [3.05, 3.63) is 35.9 Å². The van der Waals surface area contributed by atoms with Crippen LogP contribution in [0.2, 0.25) is 0 Å². The van der Waals surface area contributed by atoms with E-state index >= 15 is 0 Å². The van der Waals surface area contributed by atoms with Gasteiger partial charge in [-0.15, -0.1) is 0 Å². The maximum atomic E-state index is 12.9. The molecular weight excluding hydrogens is 344 g/mol. The predicted molar refractivity (Wildman–Crippen MR) is 98.3 cm³/mol.